The van der Waals surface area contributed by atoms with E-state index in [9.17, 15) is 21.6 Å². The van der Waals surface area contributed by atoms with Crippen LogP contribution >= 0.6 is 11.6 Å². The molecule has 208 valence electrons. The van der Waals surface area contributed by atoms with Crippen LogP contribution in [0.15, 0.2) is 76.5 Å². The fourth-order valence-electron chi connectivity index (χ4n) is 4.00. The zero-order valence-corrected chi connectivity index (χ0v) is 23.7. The van der Waals surface area contributed by atoms with E-state index in [0.717, 1.165) is 9.87 Å². The molecule has 0 aromatic heterocycles. The van der Waals surface area contributed by atoms with Gasteiger partial charge in [-0.25, -0.2) is 16.8 Å². The number of anilines is 2. The standard InChI is InChI=1S/C26H28ClN3O7S2/c1-19-7-10-21(11-8-19)38(32,33)30(23-6-4-3-5-22(23)27)18-26(31)28-20-9-12-24(36-2)25(17-20)39(34,35)29-13-15-37-16-14-29/h3-12,17H,13-16,18H2,1-2H3,(H,28,31). The number of morpholine rings is 1. The third kappa shape index (κ3) is 6.36. The summed E-state index contributed by atoms with van der Waals surface area (Å²) < 4.78 is 66.5. The van der Waals surface area contributed by atoms with Crippen molar-refractivity contribution < 1.29 is 31.1 Å². The van der Waals surface area contributed by atoms with Gasteiger partial charge < -0.3 is 14.8 Å². The molecule has 0 aliphatic carbocycles. The van der Waals surface area contributed by atoms with Crippen molar-refractivity contribution in [3.05, 3.63) is 77.3 Å². The first-order chi connectivity index (χ1) is 18.5. The van der Waals surface area contributed by atoms with Gasteiger partial charge in [0.15, 0.2) is 0 Å². The van der Waals surface area contributed by atoms with E-state index >= 15 is 0 Å². The molecule has 3 aromatic rings. The van der Waals surface area contributed by atoms with Crippen molar-refractivity contribution in [1.29, 1.82) is 0 Å². The lowest BCUT2D eigenvalue weighted by Crippen LogP contribution is -2.40. The van der Waals surface area contributed by atoms with E-state index in [1.54, 1.807) is 24.3 Å². The molecule has 1 aliphatic rings. The van der Waals surface area contributed by atoms with Gasteiger partial charge in [0.05, 0.1) is 35.9 Å². The number of methoxy groups -OCH3 is 1. The van der Waals surface area contributed by atoms with E-state index in [2.05, 4.69) is 5.32 Å². The van der Waals surface area contributed by atoms with Crippen LogP contribution in [-0.4, -0.2) is 67.0 Å². The summed E-state index contributed by atoms with van der Waals surface area (Å²) in [5.74, 6) is -0.593. The number of ether oxygens (including phenoxy) is 2. The molecule has 0 spiro atoms. The smallest absolute Gasteiger partial charge is 0.264 e. The summed E-state index contributed by atoms with van der Waals surface area (Å²) in [6.07, 6.45) is 0. The summed E-state index contributed by atoms with van der Waals surface area (Å²) in [6, 6.07) is 16.7. The fourth-order valence-corrected chi connectivity index (χ4v) is 7.32. The van der Waals surface area contributed by atoms with Gasteiger partial charge in [0.25, 0.3) is 10.0 Å². The molecule has 0 saturated carbocycles. The lowest BCUT2D eigenvalue weighted by atomic mass is 10.2. The number of nitrogens with zero attached hydrogens (tertiary/aromatic N) is 2. The number of halogens is 1. The van der Waals surface area contributed by atoms with E-state index < -0.39 is 32.5 Å². The minimum absolute atomic E-state index is 0.0100. The zero-order chi connectivity index (χ0) is 28.2. The van der Waals surface area contributed by atoms with Crippen LogP contribution in [0.25, 0.3) is 0 Å². The van der Waals surface area contributed by atoms with Crippen molar-refractivity contribution in [2.45, 2.75) is 16.7 Å². The molecule has 1 aliphatic heterocycles. The number of sulfonamides is 2. The highest BCUT2D eigenvalue weighted by molar-refractivity contribution is 7.93. The van der Waals surface area contributed by atoms with Crippen LogP contribution in [0.2, 0.25) is 5.02 Å². The molecular weight excluding hydrogens is 566 g/mol. The third-order valence-corrected chi connectivity index (χ3v) is 10.1. The average Bonchev–Trinajstić information content (AvgIpc) is 2.93. The number of carbonyl (C=O) groups excluding carboxylic acids is 1. The molecule has 1 saturated heterocycles. The van der Waals surface area contributed by atoms with Gasteiger partial charge in [0.2, 0.25) is 15.9 Å². The third-order valence-electron chi connectivity index (χ3n) is 6.05. The SMILES string of the molecule is COc1ccc(NC(=O)CN(c2ccccc2Cl)S(=O)(=O)c2ccc(C)cc2)cc1S(=O)(=O)N1CCOCC1. The minimum Gasteiger partial charge on any atom is -0.495 e. The number of para-hydroxylation sites is 1. The quantitative estimate of drug-likeness (QED) is 0.403. The summed E-state index contributed by atoms with van der Waals surface area (Å²) in [5.41, 5.74) is 1.15. The predicted molar refractivity (Wildman–Crippen MR) is 148 cm³/mol. The number of aryl methyl sites for hydroxylation is 1. The van der Waals surface area contributed by atoms with Crippen molar-refractivity contribution in [2.24, 2.45) is 0 Å². The predicted octanol–water partition coefficient (Wildman–Crippen LogP) is 3.51. The van der Waals surface area contributed by atoms with Crippen molar-refractivity contribution in [1.82, 2.24) is 4.31 Å². The number of benzene rings is 3. The highest BCUT2D eigenvalue weighted by Gasteiger charge is 2.31. The van der Waals surface area contributed by atoms with Crippen LogP contribution in [0, 0.1) is 6.92 Å². The maximum absolute atomic E-state index is 13.6. The van der Waals surface area contributed by atoms with Gasteiger partial charge in [0.1, 0.15) is 17.2 Å². The summed E-state index contributed by atoms with van der Waals surface area (Å²) in [5, 5.41) is 2.75. The molecule has 0 unspecified atom stereocenters. The molecule has 0 atom stereocenters. The average molecular weight is 594 g/mol. The van der Waals surface area contributed by atoms with Gasteiger partial charge in [-0.3, -0.25) is 9.10 Å². The van der Waals surface area contributed by atoms with Crippen LogP contribution in [-0.2, 0) is 29.6 Å². The van der Waals surface area contributed by atoms with Crippen LogP contribution in [0.4, 0.5) is 11.4 Å². The normalized spacial score (nSPS) is 14.5. The van der Waals surface area contributed by atoms with Gasteiger partial charge in [-0.1, -0.05) is 41.4 Å². The Bertz CT molecular complexity index is 1560. The Hall–Kier alpha value is -3.16. The molecule has 1 N–H and O–H groups in total. The Morgan fingerprint density at radius 2 is 1.69 bits per heavy atom. The van der Waals surface area contributed by atoms with Gasteiger partial charge >= 0.3 is 0 Å². The number of amides is 1. The van der Waals surface area contributed by atoms with Gasteiger partial charge in [0, 0.05) is 18.8 Å². The Morgan fingerprint density at radius 1 is 1.03 bits per heavy atom. The second-order valence-electron chi connectivity index (χ2n) is 8.71. The summed E-state index contributed by atoms with van der Waals surface area (Å²) >= 11 is 6.33. The van der Waals surface area contributed by atoms with Crippen LogP contribution in [0.1, 0.15) is 5.56 Å². The summed E-state index contributed by atoms with van der Waals surface area (Å²) in [4.78, 5) is 13.1. The molecule has 10 nitrogen and oxygen atoms in total. The number of nitrogens with one attached hydrogen (secondary N) is 1. The van der Waals surface area contributed by atoms with Crippen molar-refractivity contribution >= 4 is 48.9 Å². The maximum atomic E-state index is 13.6. The molecule has 1 fully saturated rings. The lowest BCUT2D eigenvalue weighted by Gasteiger charge is -2.27. The van der Waals surface area contributed by atoms with Crippen molar-refractivity contribution in [3.63, 3.8) is 0 Å². The molecule has 13 heteroatoms. The topological polar surface area (TPSA) is 122 Å². The Balaban J connectivity index is 1.65. The Labute approximate surface area is 233 Å². The molecule has 39 heavy (non-hydrogen) atoms. The van der Waals surface area contributed by atoms with E-state index in [1.807, 2.05) is 6.92 Å². The number of rotatable bonds is 9. The van der Waals surface area contributed by atoms with Crippen molar-refractivity contribution in [2.75, 3.05) is 49.6 Å². The highest BCUT2D eigenvalue weighted by atomic mass is 35.5. The minimum atomic E-state index is -4.18. The molecular formula is C26H28ClN3O7S2. The fraction of sp³-hybridized carbons (Fsp3) is 0.269. The maximum Gasteiger partial charge on any atom is 0.264 e. The van der Waals surface area contributed by atoms with Crippen LogP contribution in [0.3, 0.4) is 0 Å². The van der Waals surface area contributed by atoms with Crippen LogP contribution in [0.5, 0.6) is 5.75 Å². The molecule has 4 rings (SSSR count). The second-order valence-corrected chi connectivity index (χ2v) is 12.9. The number of hydrogen-bond acceptors (Lipinski definition) is 7. The second kappa shape index (κ2) is 11.9. The Morgan fingerprint density at radius 3 is 2.33 bits per heavy atom. The van der Waals surface area contributed by atoms with Gasteiger partial charge in [-0.05, 0) is 49.4 Å². The lowest BCUT2D eigenvalue weighted by molar-refractivity contribution is -0.114. The molecule has 1 heterocycles. The van der Waals surface area contributed by atoms with E-state index in [1.165, 1.54) is 53.9 Å². The molecule has 1 amide bonds. The zero-order valence-electron chi connectivity index (χ0n) is 21.3. The monoisotopic (exact) mass is 593 g/mol. The van der Waals surface area contributed by atoms with Crippen molar-refractivity contribution in [3.8, 4) is 5.75 Å². The van der Waals surface area contributed by atoms with Gasteiger partial charge in [-0.2, -0.15) is 4.31 Å². The number of hydrogen-bond donors (Lipinski definition) is 1. The first kappa shape index (κ1) is 28.8. The molecule has 3 aromatic carbocycles. The first-order valence-corrected chi connectivity index (χ1v) is 15.2. The van der Waals surface area contributed by atoms with E-state index in [4.69, 9.17) is 21.1 Å². The highest BCUT2D eigenvalue weighted by Crippen LogP contribution is 2.32. The van der Waals surface area contributed by atoms with Crippen LogP contribution < -0.4 is 14.4 Å². The molecule has 0 bridgehead atoms. The summed E-state index contributed by atoms with van der Waals surface area (Å²) in [7, 11) is -6.78. The van der Waals surface area contributed by atoms with E-state index in [-0.39, 0.29) is 58.2 Å². The largest absolute Gasteiger partial charge is 0.495 e. The molecule has 0 radical (unpaired) electrons. The van der Waals surface area contributed by atoms with Gasteiger partial charge in [-0.15, -0.1) is 0 Å². The first-order valence-electron chi connectivity index (χ1n) is 11.9. The van der Waals surface area contributed by atoms with E-state index in [0.29, 0.717) is 0 Å². The Kier molecular flexibility index (Phi) is 8.82. The summed E-state index contributed by atoms with van der Waals surface area (Å²) in [6.45, 7) is 2.13. The number of carbonyl (C=O) groups is 1.